The Morgan fingerprint density at radius 1 is 1.05 bits per heavy atom. The van der Waals surface area contributed by atoms with E-state index in [0.29, 0.717) is 5.75 Å². The smallest absolute Gasteiger partial charge is 0.155 e. The van der Waals surface area contributed by atoms with Crippen LogP contribution in [-0.4, -0.2) is 19.5 Å². The van der Waals surface area contributed by atoms with E-state index in [1.807, 2.05) is 26.0 Å². The monoisotopic (exact) mass is 372 g/mol. The molecule has 0 radical (unpaired) electrons. The fourth-order valence-electron chi connectivity index (χ4n) is 3.54. The van der Waals surface area contributed by atoms with Gasteiger partial charge in [0.1, 0.15) is 0 Å². The van der Waals surface area contributed by atoms with Gasteiger partial charge in [-0.15, -0.1) is 0 Å². The van der Waals surface area contributed by atoms with Crippen molar-refractivity contribution in [3.05, 3.63) is 34.9 Å². The van der Waals surface area contributed by atoms with Gasteiger partial charge in [-0.05, 0) is 37.7 Å². The summed E-state index contributed by atoms with van der Waals surface area (Å²) >= 11 is 3.57. The number of hydrogen-bond donors (Lipinski definition) is 0. The Hall–Kier alpha value is -0.350. The highest BCUT2D eigenvalue weighted by Crippen LogP contribution is 2.39. The van der Waals surface area contributed by atoms with Crippen LogP contribution in [0.5, 0.6) is 0 Å². The average molecular weight is 373 g/mol. The molecule has 1 saturated carbocycles. The molecule has 0 unspecified atom stereocenters. The van der Waals surface area contributed by atoms with E-state index in [9.17, 15) is 8.42 Å². The van der Waals surface area contributed by atoms with Crippen molar-refractivity contribution in [1.82, 2.24) is 0 Å². The van der Waals surface area contributed by atoms with Gasteiger partial charge in [0.25, 0.3) is 0 Å². The van der Waals surface area contributed by atoms with Gasteiger partial charge in [0.15, 0.2) is 9.84 Å². The number of rotatable bonds is 5. The lowest BCUT2D eigenvalue weighted by atomic mass is 9.77. The molecule has 0 N–H and O–H groups in total. The third kappa shape index (κ3) is 4.82. The van der Waals surface area contributed by atoms with Gasteiger partial charge >= 0.3 is 0 Å². The predicted octanol–water partition coefficient (Wildman–Crippen LogP) is 4.56. The molecule has 2 nitrogen and oxygen atoms in total. The first kappa shape index (κ1) is 17.0. The molecule has 118 valence electrons. The summed E-state index contributed by atoms with van der Waals surface area (Å²) in [4.78, 5) is 0. The number of hydrogen-bond acceptors (Lipinski definition) is 2. The highest BCUT2D eigenvalue weighted by Gasteiger charge is 2.35. The van der Waals surface area contributed by atoms with Crippen molar-refractivity contribution in [2.45, 2.75) is 51.7 Å². The zero-order valence-corrected chi connectivity index (χ0v) is 15.4. The fraction of sp³-hybridized carbons (Fsp3) is 0.647. The van der Waals surface area contributed by atoms with E-state index < -0.39 is 9.84 Å². The maximum Gasteiger partial charge on any atom is 0.155 e. The number of halogens is 1. The molecule has 0 spiro atoms. The maximum absolute atomic E-state index is 12.6. The van der Waals surface area contributed by atoms with Crippen molar-refractivity contribution in [3.63, 3.8) is 0 Å². The van der Waals surface area contributed by atoms with Gasteiger partial charge in [0.05, 0.1) is 11.5 Å². The molecular weight excluding hydrogens is 348 g/mol. The van der Waals surface area contributed by atoms with E-state index >= 15 is 0 Å². The number of aryl methyl sites for hydroxylation is 2. The first-order valence-corrected chi connectivity index (χ1v) is 10.6. The lowest BCUT2D eigenvalue weighted by molar-refractivity contribution is 0.256. The first-order chi connectivity index (χ1) is 9.84. The van der Waals surface area contributed by atoms with Gasteiger partial charge in [-0.25, -0.2) is 8.42 Å². The molecule has 1 aromatic carbocycles. The molecule has 0 aromatic heterocycles. The zero-order chi connectivity index (χ0) is 15.5. The lowest BCUT2D eigenvalue weighted by Crippen LogP contribution is -2.34. The van der Waals surface area contributed by atoms with Crippen molar-refractivity contribution in [2.75, 3.05) is 11.1 Å². The van der Waals surface area contributed by atoms with Gasteiger partial charge in [-0.2, -0.15) is 0 Å². The summed E-state index contributed by atoms with van der Waals surface area (Å²) in [7, 11) is -3.07. The van der Waals surface area contributed by atoms with Gasteiger partial charge in [0, 0.05) is 5.33 Å². The van der Waals surface area contributed by atoms with Crippen LogP contribution in [0.3, 0.4) is 0 Å². The van der Waals surface area contributed by atoms with E-state index in [1.165, 1.54) is 6.42 Å². The predicted molar refractivity (Wildman–Crippen MR) is 92.7 cm³/mol. The van der Waals surface area contributed by atoms with Crippen LogP contribution >= 0.6 is 15.9 Å². The Morgan fingerprint density at radius 2 is 1.62 bits per heavy atom. The highest BCUT2D eigenvalue weighted by atomic mass is 79.9. The van der Waals surface area contributed by atoms with E-state index in [-0.39, 0.29) is 11.2 Å². The summed E-state index contributed by atoms with van der Waals surface area (Å²) in [6, 6.07) is 6.07. The summed E-state index contributed by atoms with van der Waals surface area (Å²) in [5.74, 6) is 0.489. The Balaban J connectivity index is 2.14. The molecule has 0 aliphatic heterocycles. The van der Waals surface area contributed by atoms with Crippen molar-refractivity contribution in [1.29, 1.82) is 0 Å². The van der Waals surface area contributed by atoms with Crippen molar-refractivity contribution in [3.8, 4) is 0 Å². The topological polar surface area (TPSA) is 34.1 Å². The van der Waals surface area contributed by atoms with E-state index in [0.717, 1.165) is 47.7 Å². The normalized spacial score (nSPS) is 18.6. The van der Waals surface area contributed by atoms with E-state index in [2.05, 4.69) is 22.0 Å². The standard InChI is InChI=1S/C17H25BrO2S/c1-14-8-15(2)10-16(9-14)11-21(19,20)13-17(12-18)6-4-3-5-7-17/h8-10H,3-7,11-13H2,1-2H3. The number of benzene rings is 1. The number of sulfone groups is 1. The Labute approximate surface area is 137 Å². The van der Waals surface area contributed by atoms with E-state index in [4.69, 9.17) is 0 Å². The zero-order valence-electron chi connectivity index (χ0n) is 13.0. The molecule has 21 heavy (non-hydrogen) atoms. The van der Waals surface area contributed by atoms with Crippen molar-refractivity contribution in [2.24, 2.45) is 5.41 Å². The summed E-state index contributed by atoms with van der Waals surface area (Å²) in [6.45, 7) is 4.04. The van der Waals surface area contributed by atoms with Crippen LogP contribution < -0.4 is 0 Å². The summed E-state index contributed by atoms with van der Waals surface area (Å²) in [6.07, 6.45) is 5.62. The summed E-state index contributed by atoms with van der Waals surface area (Å²) < 4.78 is 25.3. The molecule has 2 rings (SSSR count). The van der Waals surface area contributed by atoms with Crippen molar-refractivity contribution < 1.29 is 8.42 Å². The Bertz CT molecular complexity index is 567. The minimum atomic E-state index is -3.07. The largest absolute Gasteiger partial charge is 0.228 e. The second kappa shape index (κ2) is 6.82. The molecular formula is C17H25BrO2S. The fourth-order valence-corrected chi connectivity index (χ4v) is 6.66. The van der Waals surface area contributed by atoms with Crippen LogP contribution in [0.15, 0.2) is 18.2 Å². The molecule has 1 aliphatic carbocycles. The molecule has 4 heteroatoms. The maximum atomic E-state index is 12.6. The van der Waals surface area contributed by atoms with E-state index in [1.54, 1.807) is 0 Å². The Kier molecular flexibility index (Phi) is 5.53. The molecule has 0 heterocycles. The molecule has 1 aliphatic rings. The van der Waals surface area contributed by atoms with Crippen LogP contribution in [0.4, 0.5) is 0 Å². The molecule has 0 amide bonds. The quantitative estimate of drug-likeness (QED) is 0.709. The molecule has 0 bridgehead atoms. The van der Waals surface area contributed by atoms with Gasteiger partial charge in [0.2, 0.25) is 0 Å². The van der Waals surface area contributed by atoms with Crippen LogP contribution in [0, 0.1) is 19.3 Å². The van der Waals surface area contributed by atoms with Gasteiger partial charge in [-0.3, -0.25) is 0 Å². The highest BCUT2D eigenvalue weighted by molar-refractivity contribution is 9.09. The van der Waals surface area contributed by atoms with Crippen molar-refractivity contribution >= 4 is 25.8 Å². The first-order valence-electron chi connectivity index (χ1n) is 7.68. The third-order valence-corrected chi connectivity index (χ3v) is 7.41. The van der Waals surface area contributed by atoms with Crippen LogP contribution in [0.1, 0.15) is 48.8 Å². The minimum absolute atomic E-state index is 0.0457. The second-order valence-corrected chi connectivity index (χ2v) is 9.35. The van der Waals surface area contributed by atoms with Gasteiger partial charge in [-0.1, -0.05) is 64.5 Å². The minimum Gasteiger partial charge on any atom is -0.228 e. The molecule has 1 aromatic rings. The number of alkyl halides is 1. The summed E-state index contributed by atoms with van der Waals surface area (Å²) in [5, 5.41) is 0.798. The van der Waals surface area contributed by atoms with Crippen LogP contribution in [-0.2, 0) is 15.6 Å². The molecule has 0 atom stereocenters. The third-order valence-electron chi connectivity index (χ3n) is 4.39. The lowest BCUT2D eigenvalue weighted by Gasteiger charge is -2.35. The van der Waals surface area contributed by atoms with Crippen LogP contribution in [0.25, 0.3) is 0 Å². The van der Waals surface area contributed by atoms with Crippen LogP contribution in [0.2, 0.25) is 0 Å². The molecule has 1 fully saturated rings. The second-order valence-electron chi connectivity index (χ2n) is 6.72. The van der Waals surface area contributed by atoms with Gasteiger partial charge < -0.3 is 0 Å². The molecule has 0 saturated heterocycles. The SMILES string of the molecule is Cc1cc(C)cc(CS(=O)(=O)CC2(CBr)CCCCC2)c1. The summed E-state index contributed by atoms with van der Waals surface area (Å²) in [5.41, 5.74) is 3.14. The Morgan fingerprint density at radius 3 is 2.14 bits per heavy atom. The average Bonchev–Trinajstić information content (AvgIpc) is 2.37.